The van der Waals surface area contributed by atoms with Crippen molar-refractivity contribution < 1.29 is 9.13 Å². The fourth-order valence-electron chi connectivity index (χ4n) is 3.20. The van der Waals surface area contributed by atoms with Gasteiger partial charge in [-0.3, -0.25) is 4.90 Å². The molecule has 0 aliphatic carbocycles. The van der Waals surface area contributed by atoms with E-state index in [2.05, 4.69) is 25.5 Å². The van der Waals surface area contributed by atoms with Crippen molar-refractivity contribution >= 4 is 11.5 Å². The third kappa shape index (κ3) is 4.23. The molecule has 3 heterocycles. The van der Waals surface area contributed by atoms with Gasteiger partial charge in [-0.1, -0.05) is 12.1 Å². The predicted molar refractivity (Wildman–Crippen MR) is 101 cm³/mol. The van der Waals surface area contributed by atoms with E-state index >= 15 is 0 Å². The van der Waals surface area contributed by atoms with E-state index in [9.17, 15) is 4.39 Å². The largest absolute Gasteiger partial charge is 0.379 e. The number of halogens is 1. The van der Waals surface area contributed by atoms with E-state index in [1.54, 1.807) is 22.7 Å². The maximum Gasteiger partial charge on any atom is 0.188 e. The van der Waals surface area contributed by atoms with Gasteiger partial charge in [-0.05, 0) is 43.7 Å². The van der Waals surface area contributed by atoms with Crippen LogP contribution in [0.3, 0.4) is 0 Å². The average molecular weight is 370 g/mol. The molecule has 1 saturated heterocycles. The Labute approximate surface area is 157 Å². The minimum Gasteiger partial charge on any atom is -0.379 e. The number of hydrogen-bond acceptors (Lipinski definition) is 6. The van der Waals surface area contributed by atoms with Crippen molar-refractivity contribution in [1.82, 2.24) is 24.7 Å². The zero-order chi connectivity index (χ0) is 18.5. The van der Waals surface area contributed by atoms with Gasteiger partial charge in [0.25, 0.3) is 0 Å². The molecule has 3 aromatic rings. The molecule has 0 amide bonds. The van der Waals surface area contributed by atoms with E-state index in [1.165, 1.54) is 6.07 Å². The van der Waals surface area contributed by atoms with Crippen LogP contribution in [-0.2, 0) is 4.74 Å². The van der Waals surface area contributed by atoms with Crippen molar-refractivity contribution in [3.63, 3.8) is 0 Å². The molecule has 1 aliphatic heterocycles. The Morgan fingerprint density at radius 3 is 2.74 bits per heavy atom. The number of benzene rings is 1. The van der Waals surface area contributed by atoms with Crippen LogP contribution in [0.15, 0.2) is 36.4 Å². The normalized spacial score (nSPS) is 15.3. The maximum absolute atomic E-state index is 14.1. The topological polar surface area (TPSA) is 67.6 Å². The molecule has 0 spiro atoms. The molecule has 1 N–H and O–H groups in total. The highest BCUT2D eigenvalue weighted by atomic mass is 19.1. The summed E-state index contributed by atoms with van der Waals surface area (Å²) in [6.07, 6.45) is 2.18. The first kappa shape index (κ1) is 17.8. The fourth-order valence-corrected chi connectivity index (χ4v) is 3.20. The Hall–Kier alpha value is -2.58. The minimum atomic E-state index is -0.338. The first-order chi connectivity index (χ1) is 13.3. The average Bonchev–Trinajstić information content (AvgIpc) is 3.12. The number of rotatable bonds is 7. The van der Waals surface area contributed by atoms with Gasteiger partial charge in [-0.25, -0.2) is 4.39 Å². The van der Waals surface area contributed by atoms with Crippen LogP contribution >= 0.6 is 0 Å². The number of ether oxygens (including phenoxy) is 1. The fraction of sp³-hybridized carbons (Fsp3) is 0.421. The van der Waals surface area contributed by atoms with Crippen LogP contribution in [0.2, 0.25) is 0 Å². The first-order valence-electron chi connectivity index (χ1n) is 9.32. The first-order valence-corrected chi connectivity index (χ1v) is 9.32. The summed E-state index contributed by atoms with van der Waals surface area (Å²) in [7, 11) is 0. The van der Waals surface area contributed by atoms with Crippen molar-refractivity contribution in [2.75, 3.05) is 44.7 Å². The number of nitrogens with one attached hydrogen (secondary N) is 1. The number of nitrogens with zero attached hydrogens (tertiary/aromatic N) is 5. The van der Waals surface area contributed by atoms with Crippen molar-refractivity contribution in [2.24, 2.45) is 0 Å². The van der Waals surface area contributed by atoms with E-state index in [4.69, 9.17) is 4.74 Å². The molecular weight excluding hydrogens is 347 g/mol. The van der Waals surface area contributed by atoms with Gasteiger partial charge < -0.3 is 10.1 Å². The lowest BCUT2D eigenvalue weighted by atomic mass is 10.2. The Balaban J connectivity index is 1.37. The van der Waals surface area contributed by atoms with Crippen LogP contribution in [0.1, 0.15) is 12.8 Å². The molecule has 4 rings (SSSR count). The van der Waals surface area contributed by atoms with Crippen molar-refractivity contribution in [2.45, 2.75) is 12.8 Å². The van der Waals surface area contributed by atoms with Gasteiger partial charge in [0.15, 0.2) is 11.5 Å². The molecule has 27 heavy (non-hydrogen) atoms. The third-order valence-electron chi connectivity index (χ3n) is 4.69. The second kappa shape index (κ2) is 8.41. The molecule has 1 fully saturated rings. The van der Waals surface area contributed by atoms with Gasteiger partial charge in [-0.15, -0.1) is 15.3 Å². The molecule has 7 nitrogen and oxygen atoms in total. The molecule has 0 saturated carbocycles. The van der Waals surface area contributed by atoms with Crippen LogP contribution < -0.4 is 5.32 Å². The summed E-state index contributed by atoms with van der Waals surface area (Å²) in [6, 6.07) is 10.2. The van der Waals surface area contributed by atoms with E-state index in [0.29, 0.717) is 17.0 Å². The second-order valence-corrected chi connectivity index (χ2v) is 6.58. The highest BCUT2D eigenvalue weighted by Crippen LogP contribution is 2.21. The summed E-state index contributed by atoms with van der Waals surface area (Å²) in [4.78, 5) is 2.44. The van der Waals surface area contributed by atoms with Gasteiger partial charge in [0.05, 0.1) is 18.8 Å². The Bertz CT molecular complexity index is 893. The summed E-state index contributed by atoms with van der Waals surface area (Å²) < 4.78 is 21.0. The molecular formula is C19H23FN6O. The van der Waals surface area contributed by atoms with Crippen LogP contribution in [0.5, 0.6) is 0 Å². The molecule has 8 heteroatoms. The van der Waals surface area contributed by atoms with E-state index < -0.39 is 0 Å². The Morgan fingerprint density at radius 1 is 1.04 bits per heavy atom. The predicted octanol–water partition coefficient (Wildman–Crippen LogP) is 2.45. The minimum absolute atomic E-state index is 0.338. The van der Waals surface area contributed by atoms with Gasteiger partial charge in [0.2, 0.25) is 0 Å². The Kier molecular flexibility index (Phi) is 5.55. The number of fused-ring (bicyclic) bond motifs is 1. The molecule has 142 valence electrons. The molecule has 0 bridgehead atoms. The van der Waals surface area contributed by atoms with Crippen molar-refractivity contribution in [3.05, 3.63) is 42.2 Å². The molecule has 0 unspecified atom stereocenters. The summed E-state index contributed by atoms with van der Waals surface area (Å²) in [5, 5.41) is 16.0. The number of aromatic nitrogens is 4. The summed E-state index contributed by atoms with van der Waals surface area (Å²) in [6.45, 7) is 5.66. The van der Waals surface area contributed by atoms with Crippen molar-refractivity contribution in [3.8, 4) is 11.4 Å². The molecule has 1 aromatic carbocycles. The third-order valence-corrected chi connectivity index (χ3v) is 4.69. The quantitative estimate of drug-likeness (QED) is 0.645. The Morgan fingerprint density at radius 2 is 1.89 bits per heavy atom. The zero-order valence-corrected chi connectivity index (χ0v) is 15.1. The van der Waals surface area contributed by atoms with E-state index in [-0.39, 0.29) is 5.82 Å². The number of unbranched alkanes of at least 4 members (excludes halogenated alkanes) is 1. The SMILES string of the molecule is Fc1ccccc1-c1nnc2ccc(NCCCCN3CCOCC3)nn12. The van der Waals surface area contributed by atoms with Crippen LogP contribution in [0.25, 0.3) is 17.0 Å². The van der Waals surface area contributed by atoms with Gasteiger partial charge >= 0.3 is 0 Å². The van der Waals surface area contributed by atoms with Crippen LogP contribution in [-0.4, -0.2) is 64.1 Å². The van der Waals surface area contributed by atoms with E-state index in [1.807, 2.05) is 12.1 Å². The molecule has 1 aliphatic rings. The summed E-state index contributed by atoms with van der Waals surface area (Å²) in [5.74, 6) is 0.792. The lowest BCUT2D eigenvalue weighted by Gasteiger charge is -2.26. The highest BCUT2D eigenvalue weighted by molar-refractivity contribution is 5.60. The zero-order valence-electron chi connectivity index (χ0n) is 15.1. The molecule has 2 aromatic heterocycles. The highest BCUT2D eigenvalue weighted by Gasteiger charge is 2.13. The smallest absolute Gasteiger partial charge is 0.188 e. The monoisotopic (exact) mass is 370 g/mol. The number of morpholine rings is 1. The van der Waals surface area contributed by atoms with Gasteiger partial charge in [0, 0.05) is 19.6 Å². The standard InChI is InChI=1S/C19H23FN6O/c20-16-6-2-1-5-15(16)19-23-22-18-8-7-17(24-26(18)19)21-9-3-4-10-25-11-13-27-14-12-25/h1-2,5-8H,3-4,9-14H2,(H,21,24). The van der Waals surface area contributed by atoms with Gasteiger partial charge in [-0.2, -0.15) is 4.52 Å². The van der Waals surface area contributed by atoms with Gasteiger partial charge in [0.1, 0.15) is 11.6 Å². The molecule has 0 atom stereocenters. The summed E-state index contributed by atoms with van der Waals surface area (Å²) in [5.41, 5.74) is 0.978. The maximum atomic E-state index is 14.1. The number of anilines is 1. The lowest BCUT2D eigenvalue weighted by Crippen LogP contribution is -2.36. The lowest BCUT2D eigenvalue weighted by molar-refractivity contribution is 0.0373. The molecule has 0 radical (unpaired) electrons. The summed E-state index contributed by atoms with van der Waals surface area (Å²) >= 11 is 0. The van der Waals surface area contributed by atoms with E-state index in [0.717, 1.165) is 58.1 Å². The van der Waals surface area contributed by atoms with Crippen molar-refractivity contribution in [1.29, 1.82) is 0 Å². The second-order valence-electron chi connectivity index (χ2n) is 6.58. The van der Waals surface area contributed by atoms with Crippen LogP contribution in [0.4, 0.5) is 10.2 Å². The van der Waals surface area contributed by atoms with Crippen LogP contribution in [0, 0.1) is 5.82 Å². The number of hydrogen-bond donors (Lipinski definition) is 1.